The van der Waals surface area contributed by atoms with Crippen molar-refractivity contribution in [1.29, 1.82) is 5.41 Å². The first-order valence-electron chi connectivity index (χ1n) is 12.7. The van der Waals surface area contributed by atoms with Gasteiger partial charge in [-0.2, -0.15) is 0 Å². The summed E-state index contributed by atoms with van der Waals surface area (Å²) in [5.74, 6) is 0.131. The molecule has 0 aliphatic rings. The Morgan fingerprint density at radius 2 is 1.47 bits per heavy atom. The molecule has 198 valence electrons. The van der Waals surface area contributed by atoms with Crippen LogP contribution in [0.25, 0.3) is 22.5 Å². The molecule has 1 amide bonds. The van der Waals surface area contributed by atoms with E-state index in [1.807, 2.05) is 57.4 Å². The molecule has 3 rings (SSSR count). The second-order valence-electron chi connectivity index (χ2n) is 11.4. The van der Waals surface area contributed by atoms with Crippen molar-refractivity contribution in [2.75, 3.05) is 0 Å². The van der Waals surface area contributed by atoms with Crippen molar-refractivity contribution >= 4 is 18.4 Å². The number of carbonyl (C=O) groups excluding carboxylic acids is 2. The highest BCUT2D eigenvalue weighted by atomic mass is 16.2. The summed E-state index contributed by atoms with van der Waals surface area (Å²) in [5, 5.41) is 13.3. The molecule has 7 heteroatoms. The van der Waals surface area contributed by atoms with Gasteiger partial charge in [-0.05, 0) is 49.3 Å². The molecule has 0 spiro atoms. The molecule has 0 radical (unpaired) electrons. The Kier molecular flexibility index (Phi) is 8.94. The highest BCUT2D eigenvalue weighted by Crippen LogP contribution is 2.26. The molecule has 0 bridgehead atoms. The lowest BCUT2D eigenvalue weighted by atomic mass is 9.86. The van der Waals surface area contributed by atoms with Gasteiger partial charge in [-0.3, -0.25) is 4.79 Å². The lowest BCUT2D eigenvalue weighted by Gasteiger charge is -2.19. The van der Waals surface area contributed by atoms with Gasteiger partial charge in [0, 0.05) is 41.5 Å². The molecule has 0 fully saturated rings. The van der Waals surface area contributed by atoms with Gasteiger partial charge >= 0.3 is 0 Å². The molecule has 1 heterocycles. The van der Waals surface area contributed by atoms with Crippen LogP contribution in [0.4, 0.5) is 0 Å². The van der Waals surface area contributed by atoms with Gasteiger partial charge in [0.1, 0.15) is 6.29 Å². The van der Waals surface area contributed by atoms with Crippen LogP contribution >= 0.6 is 0 Å². The van der Waals surface area contributed by atoms with E-state index in [2.05, 4.69) is 65.6 Å². The van der Waals surface area contributed by atoms with Gasteiger partial charge in [0.05, 0.1) is 11.6 Å². The number of hydrogen-bond donors (Lipinski definition) is 3. The van der Waals surface area contributed by atoms with Crippen LogP contribution in [0.15, 0.2) is 72.7 Å². The molecular weight excluding hydrogens is 474 g/mol. The van der Waals surface area contributed by atoms with Crippen LogP contribution in [0.3, 0.4) is 0 Å². The Morgan fingerprint density at radius 1 is 0.895 bits per heavy atom. The van der Waals surface area contributed by atoms with E-state index < -0.39 is 11.9 Å². The molecule has 38 heavy (non-hydrogen) atoms. The smallest absolute Gasteiger partial charge is 0.254 e. The van der Waals surface area contributed by atoms with Crippen LogP contribution in [-0.2, 0) is 21.4 Å². The zero-order valence-electron chi connectivity index (χ0n) is 23.0. The van der Waals surface area contributed by atoms with E-state index in [-0.39, 0.29) is 16.5 Å². The van der Waals surface area contributed by atoms with Crippen LogP contribution in [0, 0.1) is 5.41 Å². The van der Waals surface area contributed by atoms with Crippen molar-refractivity contribution in [3.8, 4) is 22.5 Å². The molecule has 0 aliphatic heterocycles. The Bertz CT molecular complexity index is 1280. The van der Waals surface area contributed by atoms with Crippen LogP contribution < -0.4 is 10.6 Å². The summed E-state index contributed by atoms with van der Waals surface area (Å²) in [4.78, 5) is 33.3. The van der Waals surface area contributed by atoms with E-state index >= 15 is 0 Å². The van der Waals surface area contributed by atoms with Gasteiger partial charge in [-0.1, -0.05) is 69.3 Å². The van der Waals surface area contributed by atoms with Crippen LogP contribution in [-0.4, -0.2) is 40.0 Å². The fourth-order valence-electron chi connectivity index (χ4n) is 3.68. The zero-order chi connectivity index (χ0) is 27.9. The lowest BCUT2D eigenvalue weighted by Crippen LogP contribution is -2.40. The number of benzene rings is 2. The van der Waals surface area contributed by atoms with Gasteiger partial charge in [-0.15, -0.1) is 0 Å². The molecule has 1 unspecified atom stereocenters. The van der Waals surface area contributed by atoms with Gasteiger partial charge in [0.2, 0.25) is 0 Å². The van der Waals surface area contributed by atoms with E-state index in [1.165, 1.54) is 11.8 Å². The van der Waals surface area contributed by atoms with E-state index in [9.17, 15) is 9.59 Å². The predicted octanol–water partition coefficient (Wildman–Crippen LogP) is 5.26. The summed E-state index contributed by atoms with van der Waals surface area (Å²) >= 11 is 0. The molecule has 0 saturated carbocycles. The fourth-order valence-corrected chi connectivity index (χ4v) is 3.68. The molecular formula is C31H37N5O2. The normalized spacial score (nSPS) is 12.9. The Hall–Kier alpha value is -4.13. The summed E-state index contributed by atoms with van der Waals surface area (Å²) in [7, 11) is 0. The van der Waals surface area contributed by atoms with Gasteiger partial charge in [0.15, 0.2) is 5.82 Å². The predicted molar refractivity (Wildman–Crippen MR) is 153 cm³/mol. The van der Waals surface area contributed by atoms with Crippen LogP contribution in [0.2, 0.25) is 0 Å². The standard InChI is InChI=1S/C31H37N5O2/c1-30(2,3)26-13-11-22(12-14-26)25-17-33-28(34-18-25)23-9-7-21(8-10-23)15-27(20-37)36-29(38)24(16-32)19-35-31(4,5)6/h7-14,16-20,27,32,35H,15H2,1-6H3,(H,36,38)/b24-19+,32-16?. The SMILES string of the molecule is CC(C)(C)N/C=C(\C=N)C(=O)NC(C=O)Cc1ccc(-c2ncc(-c3ccc(C(C)(C)C)cc3)cn2)cc1. The minimum atomic E-state index is -0.716. The second kappa shape index (κ2) is 11.9. The first-order valence-corrected chi connectivity index (χ1v) is 12.7. The number of nitrogens with one attached hydrogen (secondary N) is 3. The molecule has 2 aromatic carbocycles. The summed E-state index contributed by atoms with van der Waals surface area (Å²) in [6, 6.07) is 15.4. The monoisotopic (exact) mass is 511 g/mol. The number of hydrogen-bond acceptors (Lipinski definition) is 6. The van der Waals surface area contributed by atoms with E-state index in [4.69, 9.17) is 5.41 Å². The zero-order valence-corrected chi connectivity index (χ0v) is 23.0. The Morgan fingerprint density at radius 3 is 1.97 bits per heavy atom. The third-order valence-electron chi connectivity index (χ3n) is 5.96. The number of carbonyl (C=O) groups is 2. The number of aldehydes is 1. The maximum atomic E-state index is 12.5. The third-order valence-corrected chi connectivity index (χ3v) is 5.96. The Labute approximate surface area is 225 Å². The fraction of sp³-hybridized carbons (Fsp3) is 0.323. The van der Waals surface area contributed by atoms with Crippen molar-refractivity contribution in [3.05, 3.63) is 83.8 Å². The highest BCUT2D eigenvalue weighted by Gasteiger charge is 2.17. The highest BCUT2D eigenvalue weighted by molar-refractivity contribution is 6.11. The minimum absolute atomic E-state index is 0.104. The van der Waals surface area contributed by atoms with E-state index in [1.54, 1.807) is 0 Å². The van der Waals surface area contributed by atoms with Crippen molar-refractivity contribution < 1.29 is 9.59 Å². The molecule has 0 aliphatic carbocycles. The average Bonchev–Trinajstić information content (AvgIpc) is 2.88. The van der Waals surface area contributed by atoms with Crippen LogP contribution in [0.5, 0.6) is 0 Å². The van der Waals surface area contributed by atoms with Gasteiger partial charge in [-0.25, -0.2) is 9.97 Å². The molecule has 3 N–H and O–H groups in total. The molecule has 7 nitrogen and oxygen atoms in total. The quantitative estimate of drug-likeness (QED) is 0.206. The van der Waals surface area contributed by atoms with E-state index in [0.717, 1.165) is 28.5 Å². The summed E-state index contributed by atoms with van der Waals surface area (Å²) < 4.78 is 0. The number of amides is 1. The van der Waals surface area contributed by atoms with Crippen molar-refractivity contribution in [2.24, 2.45) is 0 Å². The topological polar surface area (TPSA) is 108 Å². The lowest BCUT2D eigenvalue weighted by molar-refractivity contribution is -0.120. The molecule has 0 saturated heterocycles. The number of rotatable bonds is 9. The molecule has 3 aromatic rings. The summed E-state index contributed by atoms with van der Waals surface area (Å²) in [6.45, 7) is 12.4. The average molecular weight is 512 g/mol. The van der Waals surface area contributed by atoms with Crippen molar-refractivity contribution in [1.82, 2.24) is 20.6 Å². The van der Waals surface area contributed by atoms with E-state index in [0.29, 0.717) is 18.5 Å². The summed E-state index contributed by atoms with van der Waals surface area (Å²) in [6.07, 6.45) is 7.15. The van der Waals surface area contributed by atoms with Crippen LogP contribution in [0.1, 0.15) is 52.7 Å². The maximum absolute atomic E-state index is 12.5. The summed E-state index contributed by atoms with van der Waals surface area (Å²) in [5.41, 5.74) is 5.04. The second-order valence-corrected chi connectivity index (χ2v) is 11.4. The maximum Gasteiger partial charge on any atom is 0.254 e. The third kappa shape index (κ3) is 7.93. The number of aromatic nitrogens is 2. The molecule has 1 atom stereocenters. The van der Waals surface area contributed by atoms with Gasteiger partial charge in [0.25, 0.3) is 5.91 Å². The first kappa shape index (κ1) is 28.4. The largest absolute Gasteiger partial charge is 0.386 e. The molecule has 1 aromatic heterocycles. The van der Waals surface area contributed by atoms with Crippen molar-refractivity contribution in [2.45, 2.75) is 65.0 Å². The Balaban J connectivity index is 1.65. The first-order chi connectivity index (χ1) is 17.9. The number of nitrogens with zero attached hydrogens (tertiary/aromatic N) is 2. The minimum Gasteiger partial charge on any atom is -0.386 e. The van der Waals surface area contributed by atoms with Gasteiger partial charge < -0.3 is 20.8 Å². The van der Waals surface area contributed by atoms with Crippen molar-refractivity contribution in [3.63, 3.8) is 0 Å².